The average molecular weight is 570 g/mol. The van der Waals surface area contributed by atoms with Gasteiger partial charge in [0, 0.05) is 41.8 Å². The number of hydrogen-bond acceptors (Lipinski definition) is 7. The smallest absolute Gasteiger partial charge is 0.430 e. The number of amides is 1. The van der Waals surface area contributed by atoms with Gasteiger partial charge in [0.25, 0.3) is 11.7 Å². The Balaban J connectivity index is 0.000000448. The van der Waals surface area contributed by atoms with E-state index < -0.39 is 22.2 Å². The standard InChI is InChI=1S/C22H25N5O4S.C2HF3O2/c28-22-18-2-3-19-21(17(18)6-7-23-22)15(13-24-19)5-8-26-32(29,30)16-1-4-20(25-14-16)27-9-11-31-12-10-27;3-2(4,5)1(6)7/h1-4,13-14,24,26H,5-12H2,(H,23,28);(H,6,7). The van der Waals surface area contributed by atoms with Crippen molar-refractivity contribution in [3.05, 3.63) is 53.3 Å². The Labute approximate surface area is 221 Å². The van der Waals surface area contributed by atoms with Crippen molar-refractivity contribution in [2.75, 3.05) is 44.3 Å². The van der Waals surface area contributed by atoms with Crippen molar-refractivity contribution in [3.8, 4) is 0 Å². The third kappa shape index (κ3) is 6.66. The number of rotatable bonds is 6. The van der Waals surface area contributed by atoms with Gasteiger partial charge in [-0.25, -0.2) is 18.1 Å². The number of benzene rings is 1. The van der Waals surface area contributed by atoms with Crippen LogP contribution < -0.4 is 25.0 Å². The Morgan fingerprint density at radius 2 is 1.90 bits per heavy atom. The highest BCUT2D eigenvalue weighted by atomic mass is 32.2. The third-order valence-corrected chi connectivity index (χ3v) is 7.75. The largest absolute Gasteiger partial charge is 0.542 e. The Morgan fingerprint density at radius 3 is 2.54 bits per heavy atom. The number of aromatic amines is 2. The van der Waals surface area contributed by atoms with Gasteiger partial charge in [0.05, 0.1) is 13.2 Å². The van der Waals surface area contributed by atoms with Crippen molar-refractivity contribution < 1.29 is 46.0 Å². The van der Waals surface area contributed by atoms with Crippen LogP contribution in [0.25, 0.3) is 10.9 Å². The molecule has 15 heteroatoms. The molecular weight excluding hydrogens is 543 g/mol. The number of ether oxygens (including phenoxy) is 1. The fraction of sp³-hybridized carbons (Fsp3) is 0.375. The minimum absolute atomic E-state index is 0.0576. The van der Waals surface area contributed by atoms with Crippen LogP contribution in [0.1, 0.15) is 21.5 Å². The second kappa shape index (κ2) is 11.6. The molecule has 1 aromatic carbocycles. The van der Waals surface area contributed by atoms with Crippen LogP contribution in [0.15, 0.2) is 41.6 Å². The summed E-state index contributed by atoms with van der Waals surface area (Å²) in [7, 11) is -3.64. The van der Waals surface area contributed by atoms with Gasteiger partial charge < -0.3 is 24.9 Å². The van der Waals surface area contributed by atoms with E-state index in [1.54, 1.807) is 12.1 Å². The first-order valence-corrected chi connectivity index (χ1v) is 13.5. The molecule has 3 aromatic rings. The molecule has 0 saturated carbocycles. The van der Waals surface area contributed by atoms with E-state index >= 15 is 0 Å². The number of hydrogen-bond donors (Lipinski definition) is 3. The van der Waals surface area contributed by atoms with Crippen LogP contribution in [0.5, 0.6) is 0 Å². The Bertz CT molecular complexity index is 1450. The highest BCUT2D eigenvalue weighted by molar-refractivity contribution is 7.89. The van der Waals surface area contributed by atoms with E-state index in [4.69, 9.17) is 14.6 Å². The number of H-pyrrole nitrogens is 2. The number of pyridine rings is 1. The molecule has 11 nitrogen and oxygen atoms in total. The summed E-state index contributed by atoms with van der Waals surface area (Å²) in [5.74, 6) is -2.19. The molecule has 0 spiro atoms. The van der Waals surface area contributed by atoms with Gasteiger partial charge in [0.15, 0.2) is 0 Å². The van der Waals surface area contributed by atoms with Gasteiger partial charge in [-0.05, 0) is 42.2 Å². The van der Waals surface area contributed by atoms with Crippen LogP contribution in [0.2, 0.25) is 0 Å². The molecule has 1 amide bonds. The summed E-state index contributed by atoms with van der Waals surface area (Å²) < 4.78 is 65.1. The van der Waals surface area contributed by atoms with Crippen molar-refractivity contribution in [1.29, 1.82) is 0 Å². The molecule has 0 aliphatic carbocycles. The van der Waals surface area contributed by atoms with Crippen molar-refractivity contribution >= 4 is 38.6 Å². The summed E-state index contributed by atoms with van der Waals surface area (Å²) in [5.41, 5.74) is 3.69. The zero-order valence-electron chi connectivity index (χ0n) is 20.6. The maximum absolute atomic E-state index is 12.8. The van der Waals surface area contributed by atoms with Crippen LogP contribution in [0, 0.1) is 0 Å². The number of sulfonamides is 1. The van der Waals surface area contributed by atoms with Crippen molar-refractivity contribution in [1.82, 2.24) is 15.0 Å². The monoisotopic (exact) mass is 569 g/mol. The Hall–Kier alpha value is -3.69. The molecule has 0 atom stereocenters. The Morgan fingerprint density at radius 1 is 1.18 bits per heavy atom. The molecule has 1 fully saturated rings. The lowest BCUT2D eigenvalue weighted by atomic mass is 9.94. The van der Waals surface area contributed by atoms with Gasteiger partial charge >= 0.3 is 6.18 Å². The topological polar surface area (TPSA) is 158 Å². The number of anilines is 1. The fourth-order valence-corrected chi connectivity index (χ4v) is 5.41. The maximum Gasteiger partial charge on any atom is 0.430 e. The molecule has 4 heterocycles. The lowest BCUT2D eigenvalue weighted by Crippen LogP contribution is -2.39. The summed E-state index contributed by atoms with van der Waals surface area (Å²) >= 11 is 0. The van der Waals surface area contributed by atoms with E-state index in [2.05, 4.69) is 24.9 Å². The van der Waals surface area contributed by atoms with E-state index in [9.17, 15) is 26.4 Å². The number of morpholine rings is 1. The number of halogens is 3. The van der Waals surface area contributed by atoms with E-state index in [1.165, 1.54) is 6.20 Å². The number of carbonyl (C=O) groups is 2. The van der Waals surface area contributed by atoms with Crippen LogP contribution in [0.3, 0.4) is 0 Å². The predicted molar refractivity (Wildman–Crippen MR) is 130 cm³/mol. The molecule has 2 aliphatic heterocycles. The second-order valence-electron chi connectivity index (χ2n) is 8.78. The van der Waals surface area contributed by atoms with Gasteiger partial charge in [-0.15, -0.1) is 0 Å². The van der Waals surface area contributed by atoms with Gasteiger partial charge in [-0.3, -0.25) is 9.69 Å². The first-order valence-electron chi connectivity index (χ1n) is 12.0. The van der Waals surface area contributed by atoms with Crippen LogP contribution >= 0.6 is 0 Å². The summed E-state index contributed by atoms with van der Waals surface area (Å²) in [6.07, 6.45) is -0.488. The zero-order valence-corrected chi connectivity index (χ0v) is 21.4. The SMILES string of the molecule is O=C([O-])C(F)(F)F.O=C1NCCc2c1ccc1[nH]cc(CCNS(=O)(=O)c3ccc(N4CCOCC4)[nH+]c3)c21. The molecule has 2 aromatic heterocycles. The highest BCUT2D eigenvalue weighted by Crippen LogP contribution is 2.28. The maximum atomic E-state index is 12.8. The normalized spacial score (nSPS) is 15.8. The average Bonchev–Trinajstić information content (AvgIpc) is 3.33. The van der Waals surface area contributed by atoms with Gasteiger partial charge in [-0.1, -0.05) is 0 Å². The zero-order chi connectivity index (χ0) is 28.2. The molecular formula is C24H26F3N5O6S. The summed E-state index contributed by atoms with van der Waals surface area (Å²) in [6.45, 7) is 3.75. The summed E-state index contributed by atoms with van der Waals surface area (Å²) in [6, 6.07) is 7.14. The van der Waals surface area contributed by atoms with Crippen LogP contribution in [0.4, 0.5) is 19.0 Å². The van der Waals surface area contributed by atoms with Gasteiger partial charge in [-0.2, -0.15) is 13.2 Å². The summed E-state index contributed by atoms with van der Waals surface area (Å²) in [5, 5.41) is 12.7. The second-order valence-corrected chi connectivity index (χ2v) is 10.5. The first kappa shape index (κ1) is 28.3. The molecule has 5 rings (SSSR count). The van der Waals surface area contributed by atoms with Crippen molar-refractivity contribution in [2.45, 2.75) is 23.9 Å². The van der Waals surface area contributed by atoms with Crippen LogP contribution in [-0.4, -0.2) is 70.8 Å². The van der Waals surface area contributed by atoms with Crippen LogP contribution in [-0.2, 0) is 32.4 Å². The molecule has 0 radical (unpaired) electrons. The predicted octanol–water partition coefficient (Wildman–Crippen LogP) is -0.0759. The fourth-order valence-electron chi connectivity index (χ4n) is 4.41. The molecule has 1 saturated heterocycles. The molecule has 0 unspecified atom stereocenters. The summed E-state index contributed by atoms with van der Waals surface area (Å²) in [4.78, 5) is 29.6. The highest BCUT2D eigenvalue weighted by Gasteiger charge is 2.29. The number of carbonyl (C=O) groups excluding carboxylic acids is 2. The number of alkyl halides is 3. The van der Waals surface area contributed by atoms with Crippen molar-refractivity contribution in [2.24, 2.45) is 0 Å². The van der Waals surface area contributed by atoms with Crippen molar-refractivity contribution in [3.63, 3.8) is 0 Å². The molecule has 210 valence electrons. The van der Waals surface area contributed by atoms with Gasteiger partial charge in [0.2, 0.25) is 10.0 Å². The minimum Gasteiger partial charge on any atom is -0.542 e. The lowest BCUT2D eigenvalue weighted by molar-refractivity contribution is -0.367. The quantitative estimate of drug-likeness (QED) is 0.375. The van der Waals surface area contributed by atoms with Gasteiger partial charge in [0.1, 0.15) is 30.2 Å². The third-order valence-electron chi connectivity index (χ3n) is 6.29. The number of nitrogens with one attached hydrogen (secondary N) is 4. The minimum atomic E-state index is -5.19. The van der Waals surface area contributed by atoms with E-state index in [0.29, 0.717) is 31.7 Å². The molecule has 2 aliphatic rings. The molecule has 39 heavy (non-hydrogen) atoms. The van der Waals surface area contributed by atoms with E-state index in [1.807, 2.05) is 18.3 Å². The number of carboxylic acids is 1. The first-order chi connectivity index (χ1) is 18.5. The Kier molecular flexibility index (Phi) is 8.42. The number of aromatic nitrogens is 2. The number of carboxylic acid groups (broad SMARTS) is 1. The van der Waals surface area contributed by atoms with E-state index in [0.717, 1.165) is 47.4 Å². The van der Waals surface area contributed by atoms with E-state index in [-0.39, 0.29) is 17.3 Å². The number of fused-ring (bicyclic) bond motifs is 3. The number of nitrogens with zero attached hydrogens (tertiary/aromatic N) is 1. The lowest BCUT2D eigenvalue weighted by Gasteiger charge is -2.21. The molecule has 4 N–H and O–H groups in total. The number of aliphatic carboxylic acids is 1. The molecule has 0 bridgehead atoms.